The first kappa shape index (κ1) is 14.9. The van der Waals surface area contributed by atoms with Crippen LogP contribution in [0, 0.1) is 0 Å². The van der Waals surface area contributed by atoms with Crippen molar-refractivity contribution in [1.82, 2.24) is 5.32 Å². The van der Waals surface area contributed by atoms with Gasteiger partial charge in [0.25, 0.3) is 0 Å². The third-order valence-corrected chi connectivity index (χ3v) is 4.61. The molecule has 19 heavy (non-hydrogen) atoms. The summed E-state index contributed by atoms with van der Waals surface area (Å²) in [4.78, 5) is 2.50. The maximum absolute atomic E-state index is 3.61. The van der Waals surface area contributed by atoms with Crippen LogP contribution in [0.5, 0.6) is 0 Å². The Morgan fingerprint density at radius 2 is 2.00 bits per heavy atom. The number of hydrogen-bond donors (Lipinski definition) is 1. The van der Waals surface area contributed by atoms with E-state index >= 15 is 0 Å². The van der Waals surface area contributed by atoms with Crippen molar-refractivity contribution in [1.29, 1.82) is 0 Å². The van der Waals surface area contributed by atoms with E-state index in [1.54, 1.807) is 0 Å². The van der Waals surface area contributed by atoms with Crippen LogP contribution in [0.1, 0.15) is 44.6 Å². The third kappa shape index (κ3) is 3.96. The zero-order valence-corrected chi connectivity index (χ0v) is 13.7. The van der Waals surface area contributed by atoms with Crippen LogP contribution in [0.3, 0.4) is 0 Å². The van der Waals surface area contributed by atoms with Gasteiger partial charge in [-0.15, -0.1) is 0 Å². The molecule has 0 aliphatic heterocycles. The Kier molecular flexibility index (Phi) is 5.71. The highest BCUT2D eigenvalue weighted by Crippen LogP contribution is 2.30. The number of rotatable bonds is 5. The van der Waals surface area contributed by atoms with Crippen molar-refractivity contribution >= 4 is 21.6 Å². The molecule has 1 aromatic rings. The zero-order chi connectivity index (χ0) is 13.7. The summed E-state index contributed by atoms with van der Waals surface area (Å²) in [6.07, 6.45) is 6.84. The Bertz CT molecular complexity index is 400. The lowest BCUT2D eigenvalue weighted by Gasteiger charge is -2.34. The van der Waals surface area contributed by atoms with Crippen molar-refractivity contribution in [2.75, 3.05) is 18.5 Å². The van der Waals surface area contributed by atoms with E-state index in [2.05, 4.69) is 58.3 Å². The van der Waals surface area contributed by atoms with Crippen molar-refractivity contribution in [3.8, 4) is 0 Å². The number of benzene rings is 1. The largest absolute Gasteiger partial charge is 0.371 e. The molecule has 2 nitrogen and oxygen atoms in total. The summed E-state index contributed by atoms with van der Waals surface area (Å²) in [5.41, 5.74) is 2.78. The molecule has 0 spiro atoms. The Balaban J connectivity index is 2.17. The zero-order valence-electron chi connectivity index (χ0n) is 12.1. The molecule has 3 heteroatoms. The number of halogens is 1. The molecule has 0 amide bonds. The molecule has 106 valence electrons. The van der Waals surface area contributed by atoms with Crippen molar-refractivity contribution in [3.63, 3.8) is 0 Å². The van der Waals surface area contributed by atoms with E-state index in [1.807, 2.05) is 0 Å². The first-order valence-electron chi connectivity index (χ1n) is 7.44. The van der Waals surface area contributed by atoms with E-state index in [0.717, 1.165) is 13.1 Å². The predicted molar refractivity (Wildman–Crippen MR) is 86.8 cm³/mol. The summed E-state index contributed by atoms with van der Waals surface area (Å²) < 4.78 is 1.17. The molecule has 0 bridgehead atoms. The maximum Gasteiger partial charge on any atom is 0.0423 e. The molecular formula is C16H25BrN2. The monoisotopic (exact) mass is 324 g/mol. The van der Waals surface area contributed by atoms with Crippen molar-refractivity contribution in [3.05, 3.63) is 28.2 Å². The van der Waals surface area contributed by atoms with Crippen LogP contribution in [0.25, 0.3) is 0 Å². The molecule has 0 unspecified atom stereocenters. The van der Waals surface area contributed by atoms with E-state index in [9.17, 15) is 0 Å². The van der Waals surface area contributed by atoms with Crippen LogP contribution in [0.2, 0.25) is 0 Å². The molecule has 0 heterocycles. The molecule has 1 aliphatic rings. The molecule has 2 rings (SSSR count). The van der Waals surface area contributed by atoms with E-state index in [0.29, 0.717) is 6.04 Å². The number of nitrogens with zero attached hydrogens (tertiary/aromatic N) is 1. The summed E-state index contributed by atoms with van der Waals surface area (Å²) in [5.74, 6) is 0. The predicted octanol–water partition coefficient (Wildman–Crippen LogP) is 4.33. The summed E-state index contributed by atoms with van der Waals surface area (Å²) >= 11 is 3.61. The van der Waals surface area contributed by atoms with Crippen LogP contribution >= 0.6 is 15.9 Å². The average Bonchev–Trinajstić information content (AvgIpc) is 2.46. The fourth-order valence-corrected chi connectivity index (χ4v) is 3.29. The second-order valence-corrected chi connectivity index (χ2v) is 6.37. The quantitative estimate of drug-likeness (QED) is 0.867. The highest BCUT2D eigenvalue weighted by atomic mass is 79.9. The normalized spacial score (nSPS) is 16.6. The number of hydrogen-bond acceptors (Lipinski definition) is 2. The summed E-state index contributed by atoms with van der Waals surface area (Å²) in [7, 11) is 2.26. The Morgan fingerprint density at radius 1 is 1.26 bits per heavy atom. The minimum absolute atomic E-state index is 0.712. The lowest BCUT2D eigenvalue weighted by Crippen LogP contribution is -2.34. The van der Waals surface area contributed by atoms with Gasteiger partial charge >= 0.3 is 0 Å². The first-order valence-corrected chi connectivity index (χ1v) is 8.23. The molecule has 1 aliphatic carbocycles. The minimum Gasteiger partial charge on any atom is -0.371 e. The van der Waals surface area contributed by atoms with Gasteiger partial charge in [-0.25, -0.2) is 0 Å². The Morgan fingerprint density at radius 3 is 2.68 bits per heavy atom. The average molecular weight is 325 g/mol. The summed E-state index contributed by atoms with van der Waals surface area (Å²) in [6, 6.07) is 7.36. The molecule has 1 fully saturated rings. The fourth-order valence-electron chi connectivity index (χ4n) is 2.94. The van der Waals surface area contributed by atoms with Gasteiger partial charge in [-0.05, 0) is 37.1 Å². The molecule has 1 aromatic carbocycles. The molecule has 0 saturated heterocycles. The molecule has 0 atom stereocenters. The summed E-state index contributed by atoms with van der Waals surface area (Å²) in [6.45, 7) is 4.13. The van der Waals surface area contributed by atoms with Gasteiger partial charge in [-0.2, -0.15) is 0 Å². The molecule has 0 aromatic heterocycles. The SMILES string of the molecule is CCNCc1ccc(Br)cc1N(C)C1CCCCC1. The lowest BCUT2D eigenvalue weighted by atomic mass is 9.94. The van der Waals surface area contributed by atoms with Crippen molar-refractivity contribution in [2.24, 2.45) is 0 Å². The fraction of sp³-hybridized carbons (Fsp3) is 0.625. The second-order valence-electron chi connectivity index (χ2n) is 5.46. The first-order chi connectivity index (χ1) is 9.22. The topological polar surface area (TPSA) is 15.3 Å². The van der Waals surface area contributed by atoms with Gasteiger partial charge in [0, 0.05) is 29.8 Å². The lowest BCUT2D eigenvalue weighted by molar-refractivity contribution is 0.427. The van der Waals surface area contributed by atoms with E-state index < -0.39 is 0 Å². The van der Waals surface area contributed by atoms with E-state index in [4.69, 9.17) is 0 Å². The van der Waals surface area contributed by atoms with Gasteiger partial charge in [-0.3, -0.25) is 0 Å². The smallest absolute Gasteiger partial charge is 0.0423 e. The summed E-state index contributed by atoms with van der Waals surface area (Å²) in [5, 5.41) is 3.44. The third-order valence-electron chi connectivity index (χ3n) is 4.12. The van der Waals surface area contributed by atoms with Gasteiger partial charge in [0.15, 0.2) is 0 Å². The number of nitrogens with one attached hydrogen (secondary N) is 1. The van der Waals surface area contributed by atoms with E-state index in [-0.39, 0.29) is 0 Å². The van der Waals surface area contributed by atoms with Crippen LogP contribution in [-0.4, -0.2) is 19.6 Å². The minimum atomic E-state index is 0.712. The molecule has 0 radical (unpaired) electrons. The second kappa shape index (κ2) is 7.30. The van der Waals surface area contributed by atoms with Gasteiger partial charge in [0.1, 0.15) is 0 Å². The van der Waals surface area contributed by atoms with Crippen LogP contribution in [-0.2, 0) is 6.54 Å². The van der Waals surface area contributed by atoms with Crippen LogP contribution in [0.15, 0.2) is 22.7 Å². The Hall–Kier alpha value is -0.540. The van der Waals surface area contributed by atoms with Crippen molar-refractivity contribution < 1.29 is 0 Å². The molecular weight excluding hydrogens is 300 g/mol. The van der Waals surface area contributed by atoms with Gasteiger partial charge in [0.05, 0.1) is 0 Å². The van der Waals surface area contributed by atoms with Crippen LogP contribution in [0.4, 0.5) is 5.69 Å². The molecule has 1 N–H and O–H groups in total. The number of anilines is 1. The van der Waals surface area contributed by atoms with Crippen molar-refractivity contribution in [2.45, 2.75) is 51.6 Å². The Labute approximate surface area is 125 Å². The van der Waals surface area contributed by atoms with Crippen LogP contribution < -0.4 is 10.2 Å². The van der Waals surface area contributed by atoms with E-state index in [1.165, 1.54) is 47.8 Å². The van der Waals surface area contributed by atoms with Gasteiger partial charge < -0.3 is 10.2 Å². The highest BCUT2D eigenvalue weighted by Gasteiger charge is 2.20. The maximum atomic E-state index is 3.61. The highest BCUT2D eigenvalue weighted by molar-refractivity contribution is 9.10. The molecule has 1 saturated carbocycles. The standard InChI is InChI=1S/C16H25BrN2/c1-3-18-12-13-9-10-14(17)11-16(13)19(2)15-7-5-4-6-8-15/h9-11,15,18H,3-8,12H2,1-2H3. The van der Waals surface area contributed by atoms with Gasteiger partial charge in [-0.1, -0.05) is 48.2 Å². The van der Waals surface area contributed by atoms with Gasteiger partial charge in [0.2, 0.25) is 0 Å².